The maximum atomic E-state index is 13.0. The van der Waals surface area contributed by atoms with E-state index in [1.165, 1.54) is 5.56 Å². The summed E-state index contributed by atoms with van der Waals surface area (Å²) < 4.78 is 11.6. The maximum Gasteiger partial charge on any atom is 0.258 e. The molecule has 0 unspecified atom stereocenters. The Balaban J connectivity index is 1.39. The Hall–Kier alpha value is -3.86. The van der Waals surface area contributed by atoms with E-state index in [1.807, 2.05) is 55.5 Å². The first-order valence-corrected chi connectivity index (χ1v) is 11.1. The van der Waals surface area contributed by atoms with Gasteiger partial charge in [0, 0.05) is 12.1 Å². The summed E-state index contributed by atoms with van der Waals surface area (Å²) in [5.74, 6) is 0.832. The summed E-state index contributed by atoms with van der Waals surface area (Å²) in [5.41, 5.74) is 2.98. The minimum Gasteiger partial charge on any atom is -0.484 e. The summed E-state index contributed by atoms with van der Waals surface area (Å²) in [6, 6.07) is 24.7. The van der Waals surface area contributed by atoms with E-state index < -0.39 is 0 Å². The fourth-order valence-electron chi connectivity index (χ4n) is 3.88. The fourth-order valence-corrected chi connectivity index (χ4v) is 3.88. The SMILES string of the molecule is Cc1oc2cc(OCC(=O)N[C@@H](C)CCc3ccccc3)ccc2c(=O)c1-c1ccccc1. The third-order valence-corrected chi connectivity index (χ3v) is 5.59. The van der Waals surface area contributed by atoms with E-state index in [1.54, 1.807) is 25.1 Å². The van der Waals surface area contributed by atoms with Crippen molar-refractivity contribution in [2.45, 2.75) is 32.7 Å². The van der Waals surface area contributed by atoms with E-state index in [9.17, 15) is 9.59 Å². The van der Waals surface area contributed by atoms with Gasteiger partial charge in [-0.05, 0) is 49.9 Å². The lowest BCUT2D eigenvalue weighted by Crippen LogP contribution is -2.36. The summed E-state index contributed by atoms with van der Waals surface area (Å²) in [5, 5.41) is 3.44. The van der Waals surface area contributed by atoms with Gasteiger partial charge in [-0.1, -0.05) is 60.7 Å². The smallest absolute Gasteiger partial charge is 0.258 e. The van der Waals surface area contributed by atoms with Gasteiger partial charge in [0.25, 0.3) is 5.91 Å². The standard InChI is InChI=1S/C28H27NO4/c1-19(13-14-21-9-5-3-6-10-21)29-26(30)18-32-23-15-16-24-25(17-23)33-20(2)27(28(24)31)22-11-7-4-8-12-22/h3-12,15-17,19H,13-14,18H2,1-2H3,(H,29,30)/t19-/m0/s1. The van der Waals surface area contributed by atoms with Crippen LogP contribution in [0.2, 0.25) is 0 Å². The number of carbonyl (C=O) groups is 1. The summed E-state index contributed by atoms with van der Waals surface area (Å²) in [6.07, 6.45) is 1.75. The van der Waals surface area contributed by atoms with Crippen molar-refractivity contribution >= 4 is 16.9 Å². The van der Waals surface area contributed by atoms with Crippen molar-refractivity contribution in [2.75, 3.05) is 6.61 Å². The molecule has 168 valence electrons. The lowest BCUT2D eigenvalue weighted by molar-refractivity contribution is -0.123. The van der Waals surface area contributed by atoms with Gasteiger partial charge >= 0.3 is 0 Å². The average Bonchev–Trinajstić information content (AvgIpc) is 2.82. The summed E-state index contributed by atoms with van der Waals surface area (Å²) in [7, 11) is 0. The van der Waals surface area contributed by atoms with E-state index in [4.69, 9.17) is 9.15 Å². The number of aryl methyl sites for hydroxylation is 2. The number of amides is 1. The Morgan fingerprint density at radius 1 is 1.00 bits per heavy atom. The summed E-state index contributed by atoms with van der Waals surface area (Å²) >= 11 is 0. The van der Waals surface area contributed by atoms with Crippen molar-refractivity contribution < 1.29 is 13.9 Å². The van der Waals surface area contributed by atoms with Gasteiger partial charge < -0.3 is 14.5 Å². The minimum absolute atomic E-state index is 0.0370. The zero-order valence-corrected chi connectivity index (χ0v) is 18.8. The molecule has 33 heavy (non-hydrogen) atoms. The Morgan fingerprint density at radius 3 is 2.42 bits per heavy atom. The third-order valence-electron chi connectivity index (χ3n) is 5.59. The maximum absolute atomic E-state index is 13.0. The highest BCUT2D eigenvalue weighted by Crippen LogP contribution is 2.26. The van der Waals surface area contributed by atoms with Crippen LogP contribution in [0, 0.1) is 6.92 Å². The molecule has 1 atom stereocenters. The fraction of sp³-hybridized carbons (Fsp3) is 0.214. The van der Waals surface area contributed by atoms with Crippen LogP contribution < -0.4 is 15.5 Å². The second-order valence-electron chi connectivity index (χ2n) is 8.17. The third kappa shape index (κ3) is 5.50. The normalized spacial score (nSPS) is 11.8. The van der Waals surface area contributed by atoms with Crippen LogP contribution in [0.1, 0.15) is 24.7 Å². The summed E-state index contributed by atoms with van der Waals surface area (Å²) in [6.45, 7) is 3.66. The number of fused-ring (bicyclic) bond motifs is 1. The molecule has 0 spiro atoms. The predicted octanol–water partition coefficient (Wildman–Crippen LogP) is 5.28. The monoisotopic (exact) mass is 441 g/mol. The first-order valence-electron chi connectivity index (χ1n) is 11.1. The van der Waals surface area contributed by atoms with Crippen LogP contribution in [0.15, 0.2) is 88.1 Å². The molecule has 5 heteroatoms. The predicted molar refractivity (Wildman–Crippen MR) is 131 cm³/mol. The molecule has 1 N–H and O–H groups in total. The zero-order valence-electron chi connectivity index (χ0n) is 18.8. The van der Waals surface area contributed by atoms with Crippen molar-refractivity contribution in [1.82, 2.24) is 5.32 Å². The van der Waals surface area contributed by atoms with Crippen LogP contribution in [0.3, 0.4) is 0 Å². The highest BCUT2D eigenvalue weighted by Gasteiger charge is 2.14. The van der Waals surface area contributed by atoms with Gasteiger partial charge in [-0.15, -0.1) is 0 Å². The van der Waals surface area contributed by atoms with Gasteiger partial charge in [0.05, 0.1) is 10.9 Å². The van der Waals surface area contributed by atoms with Crippen molar-refractivity contribution in [3.8, 4) is 16.9 Å². The Kier molecular flexibility index (Phi) is 6.89. The van der Waals surface area contributed by atoms with E-state index in [0.29, 0.717) is 28.0 Å². The molecule has 0 radical (unpaired) electrons. The molecule has 4 aromatic rings. The molecule has 1 heterocycles. The second kappa shape index (κ2) is 10.2. The molecule has 0 fully saturated rings. The molecule has 0 saturated heterocycles. The first-order chi connectivity index (χ1) is 16.0. The number of benzene rings is 3. The van der Waals surface area contributed by atoms with E-state index in [-0.39, 0.29) is 24.0 Å². The van der Waals surface area contributed by atoms with Crippen LogP contribution in [0.4, 0.5) is 0 Å². The average molecular weight is 442 g/mol. The first kappa shape index (κ1) is 22.3. The lowest BCUT2D eigenvalue weighted by atomic mass is 10.0. The largest absolute Gasteiger partial charge is 0.484 e. The number of carbonyl (C=O) groups excluding carboxylic acids is 1. The highest BCUT2D eigenvalue weighted by molar-refractivity contribution is 5.84. The van der Waals surface area contributed by atoms with Crippen LogP contribution in [-0.2, 0) is 11.2 Å². The van der Waals surface area contributed by atoms with Gasteiger partial charge in [-0.3, -0.25) is 9.59 Å². The topological polar surface area (TPSA) is 68.5 Å². The Bertz CT molecular complexity index is 1300. The number of ether oxygens (including phenoxy) is 1. The Morgan fingerprint density at radius 2 is 1.70 bits per heavy atom. The zero-order chi connectivity index (χ0) is 23.2. The number of rotatable bonds is 8. The van der Waals surface area contributed by atoms with Crippen LogP contribution in [0.25, 0.3) is 22.1 Å². The summed E-state index contributed by atoms with van der Waals surface area (Å²) in [4.78, 5) is 25.3. The molecule has 4 rings (SSSR count). The molecule has 3 aromatic carbocycles. The Labute approximate surface area is 193 Å². The molecule has 0 aliphatic heterocycles. The second-order valence-corrected chi connectivity index (χ2v) is 8.17. The van der Waals surface area contributed by atoms with Gasteiger partial charge in [0.15, 0.2) is 6.61 Å². The minimum atomic E-state index is -0.187. The molecule has 0 aliphatic rings. The van der Waals surface area contributed by atoms with Gasteiger partial charge in [-0.2, -0.15) is 0 Å². The van der Waals surface area contributed by atoms with E-state index in [0.717, 1.165) is 18.4 Å². The van der Waals surface area contributed by atoms with Crippen LogP contribution >= 0.6 is 0 Å². The van der Waals surface area contributed by atoms with Crippen LogP contribution in [0.5, 0.6) is 5.75 Å². The number of hydrogen-bond acceptors (Lipinski definition) is 4. The van der Waals surface area contributed by atoms with Gasteiger partial charge in [0.2, 0.25) is 5.43 Å². The molecule has 0 bridgehead atoms. The van der Waals surface area contributed by atoms with E-state index in [2.05, 4.69) is 17.4 Å². The number of hydrogen-bond donors (Lipinski definition) is 1. The number of nitrogens with one attached hydrogen (secondary N) is 1. The molecule has 1 aromatic heterocycles. The van der Waals surface area contributed by atoms with Gasteiger partial charge in [0.1, 0.15) is 17.1 Å². The molecule has 1 amide bonds. The molecular weight excluding hydrogens is 414 g/mol. The lowest BCUT2D eigenvalue weighted by Gasteiger charge is -2.14. The van der Waals surface area contributed by atoms with Crippen molar-refractivity contribution in [3.05, 3.63) is 100 Å². The van der Waals surface area contributed by atoms with Crippen LogP contribution in [-0.4, -0.2) is 18.6 Å². The van der Waals surface area contributed by atoms with Crippen molar-refractivity contribution in [3.63, 3.8) is 0 Å². The molecule has 0 aliphatic carbocycles. The van der Waals surface area contributed by atoms with Gasteiger partial charge in [-0.25, -0.2) is 0 Å². The molecule has 5 nitrogen and oxygen atoms in total. The molecular formula is C28H27NO4. The highest BCUT2D eigenvalue weighted by atomic mass is 16.5. The quantitative estimate of drug-likeness (QED) is 0.404. The van der Waals surface area contributed by atoms with E-state index >= 15 is 0 Å². The van der Waals surface area contributed by atoms with Crippen molar-refractivity contribution in [2.24, 2.45) is 0 Å². The van der Waals surface area contributed by atoms with Crippen molar-refractivity contribution in [1.29, 1.82) is 0 Å². The molecule has 0 saturated carbocycles.